The molecular weight excluding hydrogens is 144 g/mol. The Morgan fingerprint density at radius 2 is 2.10 bits per heavy atom. The zero-order valence-electron chi connectivity index (χ0n) is 6.22. The molecule has 1 aliphatic rings. The third-order valence-corrected chi connectivity index (χ3v) is 1.58. The Hall–Kier alpha value is -0.570. The molecule has 0 unspecified atom stereocenters. The number of hydrogen-bond acceptors (Lipinski definition) is 1. The first-order chi connectivity index (χ1) is 4.74. The van der Waals surface area contributed by atoms with Gasteiger partial charge in [0.25, 0.3) is 0 Å². The summed E-state index contributed by atoms with van der Waals surface area (Å²) in [6, 6.07) is 0. The largest absolute Gasteiger partial charge is 0.222 e. The van der Waals surface area contributed by atoms with Crippen LogP contribution in [0, 0.1) is 0 Å². The number of hydrogen-bond donors (Lipinski definition) is 0. The predicted molar refractivity (Wildman–Crippen MR) is 48.1 cm³/mol. The van der Waals surface area contributed by atoms with Gasteiger partial charge < -0.3 is 0 Å². The van der Waals surface area contributed by atoms with E-state index in [1.165, 1.54) is 0 Å². The van der Waals surface area contributed by atoms with Crippen LogP contribution >= 0.6 is 12.2 Å². The van der Waals surface area contributed by atoms with Gasteiger partial charge >= 0.3 is 0 Å². The van der Waals surface area contributed by atoms with E-state index in [0.717, 1.165) is 24.3 Å². The van der Waals surface area contributed by atoms with Crippen LogP contribution in [0.25, 0.3) is 0 Å². The predicted octanol–water partition coefficient (Wildman–Crippen LogP) is 1.99. The number of aliphatic imine (C=N–C) groups is 2. The van der Waals surface area contributed by atoms with Crippen LogP contribution in [0.4, 0.5) is 0 Å². The van der Waals surface area contributed by atoms with E-state index in [2.05, 4.69) is 16.9 Å². The zero-order chi connectivity index (χ0) is 7.56. The lowest BCUT2D eigenvalue weighted by Gasteiger charge is -1.93. The molecule has 1 rings (SSSR count). The topological polar surface area (TPSA) is 24.7 Å². The van der Waals surface area contributed by atoms with Crippen LogP contribution < -0.4 is 0 Å². The van der Waals surface area contributed by atoms with Crippen LogP contribution in [0.5, 0.6) is 0 Å². The van der Waals surface area contributed by atoms with E-state index in [4.69, 9.17) is 12.2 Å². The maximum atomic E-state index is 4.81. The molecule has 0 aromatic heterocycles. The maximum absolute atomic E-state index is 4.81. The summed E-state index contributed by atoms with van der Waals surface area (Å²) < 4.78 is 0. The molecule has 0 N–H and O–H groups in total. The Morgan fingerprint density at radius 1 is 1.40 bits per heavy atom. The van der Waals surface area contributed by atoms with Gasteiger partial charge in [0.15, 0.2) is 0 Å². The highest BCUT2D eigenvalue weighted by Gasteiger charge is 2.10. The lowest BCUT2D eigenvalue weighted by molar-refractivity contribution is 1.00. The molecule has 1 heterocycles. The summed E-state index contributed by atoms with van der Waals surface area (Å²) in [5.74, 6) is 0. The van der Waals surface area contributed by atoms with Crippen molar-refractivity contribution in [3.05, 3.63) is 0 Å². The number of rotatable bonds is 2. The van der Waals surface area contributed by atoms with Crippen molar-refractivity contribution in [2.75, 3.05) is 0 Å². The molecule has 0 aromatic carbocycles. The molecule has 10 heavy (non-hydrogen) atoms. The third-order valence-electron chi connectivity index (χ3n) is 1.40. The van der Waals surface area contributed by atoms with E-state index < -0.39 is 0 Å². The molecule has 0 spiro atoms. The van der Waals surface area contributed by atoms with Crippen molar-refractivity contribution in [3.63, 3.8) is 0 Å². The average Bonchev–Trinajstić information content (AvgIpc) is 2.13. The normalized spacial score (nSPS) is 17.2. The van der Waals surface area contributed by atoms with E-state index >= 15 is 0 Å². The van der Waals surface area contributed by atoms with Crippen molar-refractivity contribution in [1.82, 2.24) is 0 Å². The highest BCUT2D eigenvalue weighted by Crippen LogP contribution is 2.04. The molecule has 0 aromatic rings. The van der Waals surface area contributed by atoms with E-state index in [1.54, 1.807) is 0 Å². The Balaban J connectivity index is 2.70. The molecule has 1 aliphatic heterocycles. The summed E-state index contributed by atoms with van der Waals surface area (Å²) in [7, 11) is 0. The van der Waals surface area contributed by atoms with Crippen LogP contribution in [0.15, 0.2) is 9.98 Å². The Labute approximate surface area is 66.1 Å². The van der Waals surface area contributed by atoms with Gasteiger partial charge in [-0.1, -0.05) is 13.3 Å². The lowest BCUT2D eigenvalue weighted by atomic mass is 10.1. The van der Waals surface area contributed by atoms with Crippen LogP contribution in [0.1, 0.15) is 26.7 Å². The fraction of sp³-hybridized carbons (Fsp3) is 0.571. The second-order valence-corrected chi connectivity index (χ2v) is 2.65. The molecule has 0 bridgehead atoms. The Bertz CT molecular complexity index is 216. The second-order valence-electron chi connectivity index (χ2n) is 2.29. The van der Waals surface area contributed by atoms with Gasteiger partial charge in [-0.15, -0.1) is 0 Å². The summed E-state index contributed by atoms with van der Waals surface area (Å²) in [5, 5.41) is 0.487. The van der Waals surface area contributed by atoms with Crippen molar-refractivity contribution in [3.8, 4) is 0 Å². The smallest absolute Gasteiger partial charge is 0.219 e. The van der Waals surface area contributed by atoms with E-state index in [1.807, 2.05) is 6.92 Å². The molecule has 0 atom stereocenters. The van der Waals surface area contributed by atoms with Crippen LogP contribution in [0.3, 0.4) is 0 Å². The minimum atomic E-state index is 0.487. The van der Waals surface area contributed by atoms with Gasteiger partial charge in [0.1, 0.15) is 0 Å². The van der Waals surface area contributed by atoms with Crippen molar-refractivity contribution < 1.29 is 0 Å². The molecule has 3 heteroatoms. The Morgan fingerprint density at radius 3 is 2.50 bits per heavy atom. The number of thiocarbonyl (C=S) groups is 1. The SMILES string of the molecule is CCCC1=NC(=S)N=C1C. The Kier molecular flexibility index (Phi) is 2.27. The second kappa shape index (κ2) is 3.01. The highest BCUT2D eigenvalue weighted by molar-refractivity contribution is 7.80. The molecular formula is C7H10N2S. The summed E-state index contributed by atoms with van der Waals surface area (Å²) >= 11 is 4.81. The zero-order valence-corrected chi connectivity index (χ0v) is 7.03. The quantitative estimate of drug-likeness (QED) is 0.558. The number of nitrogens with zero attached hydrogens (tertiary/aromatic N) is 2. The summed E-state index contributed by atoms with van der Waals surface area (Å²) in [6.07, 6.45) is 2.10. The molecule has 54 valence electrons. The van der Waals surface area contributed by atoms with Crippen molar-refractivity contribution in [1.29, 1.82) is 0 Å². The summed E-state index contributed by atoms with van der Waals surface area (Å²) in [4.78, 5) is 8.14. The van der Waals surface area contributed by atoms with E-state index in [9.17, 15) is 0 Å². The molecule has 0 amide bonds. The van der Waals surface area contributed by atoms with E-state index in [0.29, 0.717) is 5.11 Å². The third kappa shape index (κ3) is 1.48. The first kappa shape index (κ1) is 7.54. The monoisotopic (exact) mass is 154 g/mol. The minimum Gasteiger partial charge on any atom is -0.222 e. The van der Waals surface area contributed by atoms with Crippen LogP contribution in [-0.2, 0) is 0 Å². The van der Waals surface area contributed by atoms with Crippen molar-refractivity contribution in [2.24, 2.45) is 9.98 Å². The van der Waals surface area contributed by atoms with Crippen LogP contribution in [0.2, 0.25) is 0 Å². The molecule has 0 aliphatic carbocycles. The van der Waals surface area contributed by atoms with Gasteiger partial charge in [-0.3, -0.25) is 0 Å². The van der Waals surface area contributed by atoms with Gasteiger partial charge in [0.05, 0.1) is 11.4 Å². The fourth-order valence-corrected chi connectivity index (χ4v) is 1.15. The highest BCUT2D eigenvalue weighted by atomic mass is 32.1. The first-order valence-corrected chi connectivity index (χ1v) is 3.82. The summed E-state index contributed by atoms with van der Waals surface area (Å²) in [5.41, 5.74) is 2.05. The molecule has 0 radical (unpaired) electrons. The molecule has 0 saturated heterocycles. The van der Waals surface area contributed by atoms with Crippen molar-refractivity contribution >= 4 is 28.8 Å². The standard InChI is InChI=1S/C7H10N2S/c1-3-4-6-5(2)8-7(10)9-6/h3-4H2,1-2H3. The lowest BCUT2D eigenvalue weighted by Crippen LogP contribution is -2.04. The van der Waals surface area contributed by atoms with Gasteiger partial charge in [-0.2, -0.15) is 0 Å². The first-order valence-electron chi connectivity index (χ1n) is 3.41. The summed E-state index contributed by atoms with van der Waals surface area (Å²) in [6.45, 7) is 4.07. The van der Waals surface area contributed by atoms with Gasteiger partial charge in [-0.05, 0) is 25.6 Å². The van der Waals surface area contributed by atoms with Crippen LogP contribution in [-0.4, -0.2) is 16.5 Å². The average molecular weight is 154 g/mol. The molecule has 0 saturated carbocycles. The van der Waals surface area contributed by atoms with Gasteiger partial charge in [0.2, 0.25) is 5.11 Å². The fourth-order valence-electron chi connectivity index (χ4n) is 0.903. The van der Waals surface area contributed by atoms with Gasteiger partial charge in [0, 0.05) is 0 Å². The maximum Gasteiger partial charge on any atom is 0.219 e. The molecule has 2 nitrogen and oxygen atoms in total. The minimum absolute atomic E-state index is 0.487. The van der Waals surface area contributed by atoms with E-state index in [-0.39, 0.29) is 0 Å². The molecule has 0 fully saturated rings. The van der Waals surface area contributed by atoms with Gasteiger partial charge in [-0.25, -0.2) is 9.98 Å². The van der Waals surface area contributed by atoms with Crippen molar-refractivity contribution in [2.45, 2.75) is 26.7 Å².